The molecule has 0 bridgehead atoms. The highest BCUT2D eigenvalue weighted by atomic mass is 32.2. The molecule has 0 aliphatic rings. The van der Waals surface area contributed by atoms with Gasteiger partial charge in [-0.15, -0.1) is 0 Å². The van der Waals surface area contributed by atoms with E-state index in [9.17, 15) is 35.3 Å². The van der Waals surface area contributed by atoms with E-state index in [1.165, 1.54) is 6.07 Å². The number of benzene rings is 4. The van der Waals surface area contributed by atoms with E-state index in [1.807, 2.05) is 0 Å². The Balaban J connectivity index is 1.82. The summed E-state index contributed by atoms with van der Waals surface area (Å²) < 4.78 is 108. The molecule has 1 amide bonds. The van der Waals surface area contributed by atoms with Crippen LogP contribution in [0.25, 0.3) is 0 Å². The van der Waals surface area contributed by atoms with E-state index >= 15 is 0 Å². The molecule has 0 fully saturated rings. The highest BCUT2D eigenvalue weighted by Gasteiger charge is 2.56. The Kier molecular flexibility index (Phi) is 10.5. The van der Waals surface area contributed by atoms with Gasteiger partial charge >= 0.3 is 13.8 Å². The van der Waals surface area contributed by atoms with Gasteiger partial charge in [-0.1, -0.05) is 60.7 Å². The molecule has 0 aromatic heterocycles. The van der Waals surface area contributed by atoms with E-state index in [0.717, 1.165) is 43.3 Å². The molecule has 14 heteroatoms. The van der Waals surface area contributed by atoms with Gasteiger partial charge in [-0.2, -0.15) is 18.4 Å². The van der Waals surface area contributed by atoms with Crippen LogP contribution in [-0.4, -0.2) is 25.2 Å². The van der Waals surface area contributed by atoms with Crippen LogP contribution < -0.4 is 5.32 Å². The quantitative estimate of drug-likeness (QED) is 0.0938. The molecular weight excluding hydrogens is 647 g/mol. The summed E-state index contributed by atoms with van der Waals surface area (Å²) in [7, 11) is -9.44. The Morgan fingerprint density at radius 2 is 1.39 bits per heavy atom. The first-order valence-corrected chi connectivity index (χ1v) is 16.7. The van der Waals surface area contributed by atoms with E-state index in [2.05, 4.69) is 5.32 Å². The zero-order valence-electron chi connectivity index (χ0n) is 24.2. The zero-order valence-corrected chi connectivity index (χ0v) is 25.9. The second-order valence-electron chi connectivity index (χ2n) is 10.3. The van der Waals surface area contributed by atoms with Crippen molar-refractivity contribution in [3.05, 3.63) is 131 Å². The molecule has 46 heavy (non-hydrogen) atoms. The van der Waals surface area contributed by atoms with Crippen molar-refractivity contribution in [2.24, 2.45) is 0 Å². The molecule has 0 aliphatic heterocycles. The fourth-order valence-corrected chi connectivity index (χ4v) is 8.69. The third-order valence-corrected chi connectivity index (χ3v) is 11.6. The lowest BCUT2D eigenvalue weighted by molar-refractivity contribution is -0.137. The van der Waals surface area contributed by atoms with Crippen molar-refractivity contribution >= 4 is 29.0 Å². The van der Waals surface area contributed by atoms with Gasteiger partial charge in [0, 0.05) is 5.69 Å². The number of carbonyl (C=O) groups is 1. The molecule has 1 atom stereocenters. The average Bonchev–Trinajstić information content (AvgIpc) is 3.03. The van der Waals surface area contributed by atoms with Gasteiger partial charge in [0.2, 0.25) is 5.91 Å². The van der Waals surface area contributed by atoms with Crippen LogP contribution in [0.4, 0.5) is 23.2 Å². The summed E-state index contributed by atoms with van der Waals surface area (Å²) in [6.07, 6.45) is -4.96. The monoisotopic (exact) mass is 674 g/mol. The number of carbonyl (C=O) groups excluding carboxylic acids is 1. The first-order valence-electron chi connectivity index (χ1n) is 13.5. The van der Waals surface area contributed by atoms with Crippen molar-refractivity contribution < 1.29 is 44.4 Å². The Morgan fingerprint density at radius 3 is 1.87 bits per heavy atom. The Labute approximate surface area is 263 Å². The number of anilines is 1. The molecule has 0 aliphatic carbocycles. The molecule has 0 heterocycles. The van der Waals surface area contributed by atoms with Crippen molar-refractivity contribution in [2.45, 2.75) is 36.4 Å². The standard InChI is InChI=1S/C32H27F4N2O6PS/c1-31(22-46(41,42)28-16-13-26(33)14-17-28,30(39)38-27-15-12-25(19-37)29(18-27)32(34,35)36)45(40,43-20-23-8-4-2-5-9-23)44-21-24-10-6-3-7-11-24/h2-18H,20-22H2,1H3,(H,38,39). The molecule has 4 aromatic rings. The molecule has 0 radical (unpaired) electrons. The number of sulfone groups is 1. The number of nitrogens with one attached hydrogen (secondary N) is 1. The highest BCUT2D eigenvalue weighted by molar-refractivity contribution is 7.92. The molecule has 0 saturated carbocycles. The number of halogens is 4. The molecule has 0 saturated heterocycles. The van der Waals surface area contributed by atoms with Crippen LogP contribution in [-0.2, 0) is 47.6 Å². The van der Waals surface area contributed by atoms with E-state index in [4.69, 9.17) is 14.3 Å². The lowest BCUT2D eigenvalue weighted by Crippen LogP contribution is -2.46. The van der Waals surface area contributed by atoms with Gasteiger partial charge < -0.3 is 14.4 Å². The van der Waals surface area contributed by atoms with Crippen molar-refractivity contribution in [3.8, 4) is 6.07 Å². The molecule has 4 rings (SSSR count). The summed E-state index contributed by atoms with van der Waals surface area (Å²) in [6.45, 7) is 0.234. The van der Waals surface area contributed by atoms with Crippen molar-refractivity contribution in [3.63, 3.8) is 0 Å². The number of rotatable bonds is 12. The second kappa shape index (κ2) is 14.0. The van der Waals surface area contributed by atoms with Crippen LogP contribution in [0.1, 0.15) is 29.2 Å². The van der Waals surface area contributed by atoms with Crippen LogP contribution in [0.3, 0.4) is 0 Å². The van der Waals surface area contributed by atoms with E-state index in [1.54, 1.807) is 60.7 Å². The van der Waals surface area contributed by atoms with Gasteiger partial charge in [0.25, 0.3) is 0 Å². The SMILES string of the molecule is CC(CS(=O)(=O)c1ccc(F)cc1)(C(=O)Nc1ccc(C#N)c(C(F)(F)F)c1)P(=O)(OCc1ccccc1)OCc1ccccc1. The maximum Gasteiger partial charge on any atom is 0.417 e. The van der Waals surface area contributed by atoms with E-state index in [-0.39, 0.29) is 13.2 Å². The fourth-order valence-electron chi connectivity index (χ4n) is 4.37. The number of hydrogen-bond donors (Lipinski definition) is 1. The Morgan fingerprint density at radius 1 is 0.870 bits per heavy atom. The summed E-state index contributed by atoms with van der Waals surface area (Å²) in [5.74, 6) is -3.25. The summed E-state index contributed by atoms with van der Waals surface area (Å²) in [6, 6.07) is 24.1. The highest BCUT2D eigenvalue weighted by Crippen LogP contribution is 2.62. The number of hydrogen-bond acceptors (Lipinski definition) is 7. The van der Waals surface area contributed by atoms with Crippen LogP contribution in [0.15, 0.2) is 108 Å². The van der Waals surface area contributed by atoms with Crippen LogP contribution in [0.2, 0.25) is 0 Å². The van der Waals surface area contributed by atoms with Crippen molar-refractivity contribution in [2.75, 3.05) is 11.1 Å². The number of nitrogens with zero attached hydrogens (tertiary/aromatic N) is 1. The smallest absolute Gasteiger partial charge is 0.325 e. The first kappa shape index (κ1) is 34.5. The van der Waals surface area contributed by atoms with Crippen molar-refractivity contribution in [1.29, 1.82) is 5.26 Å². The predicted molar refractivity (Wildman–Crippen MR) is 162 cm³/mol. The summed E-state index contributed by atoms with van der Waals surface area (Å²) >= 11 is 0. The third-order valence-electron chi connectivity index (χ3n) is 6.93. The normalized spacial score (nSPS) is 13.4. The van der Waals surface area contributed by atoms with E-state index in [0.29, 0.717) is 17.2 Å². The van der Waals surface area contributed by atoms with Gasteiger partial charge in [-0.3, -0.25) is 9.36 Å². The summed E-state index contributed by atoms with van der Waals surface area (Å²) in [4.78, 5) is 13.7. The second-order valence-corrected chi connectivity index (χ2v) is 14.8. The number of alkyl halides is 3. The molecular formula is C32H27F4N2O6PS. The van der Waals surface area contributed by atoms with Gasteiger partial charge in [0.05, 0.1) is 41.1 Å². The number of amides is 1. The number of nitriles is 1. The average molecular weight is 675 g/mol. The Bertz CT molecular complexity index is 1840. The van der Waals surface area contributed by atoms with Gasteiger partial charge in [-0.25, -0.2) is 12.8 Å². The molecule has 1 unspecified atom stereocenters. The molecule has 8 nitrogen and oxygen atoms in total. The maximum atomic E-state index is 14.9. The minimum absolute atomic E-state index is 0.387. The van der Waals surface area contributed by atoms with Gasteiger partial charge in [0.15, 0.2) is 15.0 Å². The lowest BCUT2D eigenvalue weighted by atomic mass is 10.1. The van der Waals surface area contributed by atoms with Crippen LogP contribution >= 0.6 is 7.60 Å². The topological polar surface area (TPSA) is 123 Å². The van der Waals surface area contributed by atoms with Gasteiger partial charge in [-0.05, 0) is 60.5 Å². The zero-order chi connectivity index (χ0) is 33.6. The van der Waals surface area contributed by atoms with Crippen LogP contribution in [0.5, 0.6) is 0 Å². The molecule has 0 spiro atoms. The molecule has 240 valence electrons. The molecule has 4 aromatic carbocycles. The fraction of sp³-hybridized carbons (Fsp3) is 0.188. The minimum atomic E-state index is -4.96. The largest absolute Gasteiger partial charge is 0.417 e. The Hall–Kier alpha value is -4.34. The van der Waals surface area contributed by atoms with Crippen LogP contribution in [0, 0.1) is 17.1 Å². The summed E-state index contributed by atoms with van der Waals surface area (Å²) in [5.41, 5.74) is -1.53. The van der Waals surface area contributed by atoms with Gasteiger partial charge in [0.1, 0.15) is 5.82 Å². The predicted octanol–water partition coefficient (Wildman–Crippen LogP) is 7.51. The summed E-state index contributed by atoms with van der Waals surface area (Å²) in [5, 5.41) is 8.79. The maximum absolute atomic E-state index is 14.9. The first-order chi connectivity index (χ1) is 21.7. The lowest BCUT2D eigenvalue weighted by Gasteiger charge is -2.35. The van der Waals surface area contributed by atoms with Crippen molar-refractivity contribution in [1.82, 2.24) is 0 Å². The third kappa shape index (κ3) is 8.08. The minimum Gasteiger partial charge on any atom is -0.325 e. The van der Waals surface area contributed by atoms with E-state index < -0.39 is 68.0 Å². The molecule has 1 N–H and O–H groups in total.